The van der Waals surface area contributed by atoms with Crippen molar-refractivity contribution in [2.24, 2.45) is 0 Å². The normalized spacial score (nSPS) is 14.2. The van der Waals surface area contributed by atoms with Crippen LogP contribution in [0.5, 0.6) is 0 Å². The lowest BCUT2D eigenvalue weighted by atomic mass is 9.80. The fourth-order valence-electron chi connectivity index (χ4n) is 11.3. The summed E-state index contributed by atoms with van der Waals surface area (Å²) in [4.78, 5) is 4.85. The monoisotopic (exact) mass is 909 g/mol. The standard InChI is InChI=1S/C68H64N2/c1-11-19-58(45(5)6)59-38-35-54(41-46(59)13-3)70(55-36-39-61-57(14-4)63(20-12-2)67(7,8)65(61)43-55)52-32-27-49(28-33-52)48-25-30-51(31-26-48)69(53-34-29-47-21-15-16-22-50(47)42-53)56-37-40-62-60-23-17-18-24-64(60)68(9,10)66(62)44-56/h11-12,14-44H,4,13H2,1-3,5-10H3/b19-11-,20-12-. The molecule has 0 atom stereocenters. The number of anilines is 6. The summed E-state index contributed by atoms with van der Waals surface area (Å²) < 4.78 is 0. The quantitative estimate of drug-likeness (QED) is 0.113. The van der Waals surface area contributed by atoms with E-state index in [0.717, 1.165) is 40.5 Å². The molecule has 0 amide bonds. The zero-order valence-electron chi connectivity index (χ0n) is 42.4. The summed E-state index contributed by atoms with van der Waals surface area (Å²) in [6, 6.07) is 63.6. The molecule has 0 aromatic heterocycles. The van der Waals surface area contributed by atoms with Gasteiger partial charge in [-0.25, -0.2) is 0 Å². The third kappa shape index (κ3) is 7.86. The van der Waals surface area contributed by atoms with E-state index < -0.39 is 0 Å². The number of allylic oxidation sites excluding steroid dienone is 9. The maximum absolute atomic E-state index is 4.25. The van der Waals surface area contributed by atoms with Crippen molar-refractivity contribution in [3.63, 3.8) is 0 Å². The first-order valence-corrected chi connectivity index (χ1v) is 25.0. The van der Waals surface area contributed by atoms with E-state index in [-0.39, 0.29) is 10.8 Å². The molecular formula is C68H64N2. The average molecular weight is 909 g/mol. The third-order valence-electron chi connectivity index (χ3n) is 15.0. The van der Waals surface area contributed by atoms with Gasteiger partial charge in [-0.05, 0) is 190 Å². The van der Waals surface area contributed by atoms with Crippen LogP contribution in [0, 0.1) is 0 Å². The molecule has 0 N–H and O–H groups in total. The molecule has 2 aliphatic rings. The molecule has 2 nitrogen and oxygen atoms in total. The van der Waals surface area contributed by atoms with Crippen molar-refractivity contribution in [1.82, 2.24) is 0 Å². The Bertz CT molecular complexity index is 3450. The second-order valence-electron chi connectivity index (χ2n) is 20.2. The lowest BCUT2D eigenvalue weighted by Crippen LogP contribution is -2.17. The highest BCUT2D eigenvalue weighted by atomic mass is 15.1. The van der Waals surface area contributed by atoms with E-state index in [9.17, 15) is 0 Å². The largest absolute Gasteiger partial charge is 0.310 e. The maximum Gasteiger partial charge on any atom is 0.0468 e. The number of hydrogen-bond donors (Lipinski definition) is 0. The Balaban J connectivity index is 1.04. The fourth-order valence-corrected chi connectivity index (χ4v) is 11.3. The van der Waals surface area contributed by atoms with Gasteiger partial charge in [0.15, 0.2) is 0 Å². The molecule has 0 saturated heterocycles. The lowest BCUT2D eigenvalue weighted by Gasteiger charge is -2.29. The molecule has 0 heterocycles. The zero-order chi connectivity index (χ0) is 48.9. The summed E-state index contributed by atoms with van der Waals surface area (Å²) in [5.74, 6) is 0. The molecule has 0 saturated carbocycles. The van der Waals surface area contributed by atoms with Crippen LogP contribution < -0.4 is 9.80 Å². The van der Waals surface area contributed by atoms with Crippen molar-refractivity contribution < 1.29 is 0 Å². The molecule has 0 unspecified atom stereocenters. The Morgan fingerprint density at radius 2 is 1.01 bits per heavy atom. The van der Waals surface area contributed by atoms with Crippen LogP contribution in [0.2, 0.25) is 0 Å². The fraction of sp³-hybridized carbons (Fsp3) is 0.176. The molecule has 346 valence electrons. The van der Waals surface area contributed by atoms with Crippen LogP contribution in [0.3, 0.4) is 0 Å². The average Bonchev–Trinajstić information content (AvgIpc) is 3.74. The van der Waals surface area contributed by atoms with Gasteiger partial charge in [-0.2, -0.15) is 0 Å². The predicted octanol–water partition coefficient (Wildman–Crippen LogP) is 19.5. The molecule has 0 bridgehead atoms. The Morgan fingerprint density at radius 1 is 0.500 bits per heavy atom. The van der Waals surface area contributed by atoms with Crippen LogP contribution in [-0.2, 0) is 17.3 Å². The SMILES string of the molecule is C=CC1=C(/C=C\C)C(C)(C)c2cc(N(c3ccc(-c4ccc(N(c5ccc6c(c5)C(C)(C)c5ccccc5-6)c5ccc6ccccc6c5)cc4)cc3)c3ccc(C(/C=C\C)=C(C)C)c(CC)c3)ccc21. The summed E-state index contributed by atoms with van der Waals surface area (Å²) in [7, 11) is 0. The van der Waals surface area contributed by atoms with Crippen LogP contribution in [-0.4, -0.2) is 0 Å². The van der Waals surface area contributed by atoms with Crippen molar-refractivity contribution in [2.75, 3.05) is 9.80 Å². The molecule has 8 aromatic carbocycles. The molecule has 0 spiro atoms. The maximum atomic E-state index is 4.25. The van der Waals surface area contributed by atoms with Gasteiger partial charge in [-0.1, -0.05) is 174 Å². The Hall–Kier alpha value is -7.68. The molecule has 2 heteroatoms. The predicted molar refractivity (Wildman–Crippen MR) is 304 cm³/mol. The van der Waals surface area contributed by atoms with Crippen LogP contribution in [0.4, 0.5) is 34.1 Å². The topological polar surface area (TPSA) is 6.48 Å². The minimum atomic E-state index is -0.181. The van der Waals surface area contributed by atoms with Gasteiger partial charge in [0.2, 0.25) is 0 Å². The summed E-state index contributed by atoms with van der Waals surface area (Å²) in [5.41, 5.74) is 24.5. The number of fused-ring (bicyclic) bond motifs is 5. The number of rotatable bonds is 12. The van der Waals surface area contributed by atoms with Crippen LogP contribution >= 0.6 is 0 Å². The highest BCUT2D eigenvalue weighted by Crippen LogP contribution is 2.52. The van der Waals surface area contributed by atoms with E-state index in [1.807, 2.05) is 6.08 Å². The van der Waals surface area contributed by atoms with Gasteiger partial charge in [0.25, 0.3) is 0 Å². The van der Waals surface area contributed by atoms with E-state index in [1.165, 1.54) is 88.7 Å². The highest BCUT2D eigenvalue weighted by Gasteiger charge is 2.37. The number of hydrogen-bond acceptors (Lipinski definition) is 2. The summed E-state index contributed by atoms with van der Waals surface area (Å²) in [5, 5.41) is 2.45. The first kappa shape index (κ1) is 46.1. The van der Waals surface area contributed by atoms with Gasteiger partial charge < -0.3 is 9.80 Å². The smallest absolute Gasteiger partial charge is 0.0468 e. The van der Waals surface area contributed by atoms with Crippen molar-refractivity contribution in [3.05, 3.63) is 251 Å². The minimum Gasteiger partial charge on any atom is -0.310 e. The second kappa shape index (κ2) is 18.3. The molecule has 0 aliphatic heterocycles. The molecule has 8 aromatic rings. The lowest BCUT2D eigenvalue weighted by molar-refractivity contribution is 0.654. The van der Waals surface area contributed by atoms with Crippen LogP contribution in [0.15, 0.2) is 218 Å². The number of benzene rings is 8. The Kier molecular flexibility index (Phi) is 12.1. The molecule has 0 fully saturated rings. The van der Waals surface area contributed by atoms with Gasteiger partial charge in [0.1, 0.15) is 0 Å². The first-order valence-electron chi connectivity index (χ1n) is 25.0. The molecule has 70 heavy (non-hydrogen) atoms. The molecule has 10 rings (SSSR count). The number of aryl methyl sites for hydroxylation is 1. The minimum absolute atomic E-state index is 0.106. The summed E-state index contributed by atoms with van der Waals surface area (Å²) >= 11 is 0. The zero-order valence-corrected chi connectivity index (χ0v) is 42.4. The van der Waals surface area contributed by atoms with Crippen molar-refractivity contribution in [2.45, 2.75) is 79.6 Å². The summed E-state index contributed by atoms with van der Waals surface area (Å²) in [6.45, 7) is 24.5. The van der Waals surface area contributed by atoms with Gasteiger partial charge in [0, 0.05) is 45.0 Å². The second-order valence-corrected chi connectivity index (χ2v) is 20.2. The molecular weight excluding hydrogens is 845 g/mol. The Morgan fingerprint density at radius 3 is 1.61 bits per heavy atom. The van der Waals surface area contributed by atoms with Crippen molar-refractivity contribution >= 4 is 56.0 Å². The Labute approximate surface area is 417 Å². The van der Waals surface area contributed by atoms with Crippen molar-refractivity contribution in [1.29, 1.82) is 0 Å². The highest BCUT2D eigenvalue weighted by molar-refractivity contribution is 5.93. The third-order valence-corrected chi connectivity index (χ3v) is 15.0. The first-order chi connectivity index (χ1) is 33.9. The van der Waals surface area contributed by atoms with Crippen LogP contribution in [0.25, 0.3) is 44.2 Å². The molecule has 2 aliphatic carbocycles. The van der Waals surface area contributed by atoms with Gasteiger partial charge in [-0.3, -0.25) is 0 Å². The summed E-state index contributed by atoms with van der Waals surface area (Å²) in [6.07, 6.45) is 11.7. The number of nitrogens with zero attached hydrogens (tertiary/aromatic N) is 2. The van der Waals surface area contributed by atoms with Gasteiger partial charge in [-0.15, -0.1) is 0 Å². The van der Waals surface area contributed by atoms with E-state index in [4.69, 9.17) is 0 Å². The van der Waals surface area contributed by atoms with Gasteiger partial charge >= 0.3 is 0 Å². The van der Waals surface area contributed by atoms with Gasteiger partial charge in [0.05, 0.1) is 0 Å². The molecule has 0 radical (unpaired) electrons. The van der Waals surface area contributed by atoms with Crippen LogP contribution in [0.1, 0.15) is 95.7 Å². The van der Waals surface area contributed by atoms with E-state index in [1.54, 1.807) is 0 Å². The van der Waals surface area contributed by atoms with Crippen molar-refractivity contribution in [3.8, 4) is 22.3 Å². The van der Waals surface area contributed by atoms with E-state index in [2.05, 4.69) is 273 Å². The van der Waals surface area contributed by atoms with E-state index in [0.29, 0.717) is 0 Å². The van der Waals surface area contributed by atoms with E-state index >= 15 is 0 Å².